The quantitative estimate of drug-likeness (QED) is 0.646. The molecule has 30 heavy (non-hydrogen) atoms. The Morgan fingerprint density at radius 3 is 2.30 bits per heavy atom. The maximum Gasteiger partial charge on any atom is 0.407 e. The van der Waals surface area contributed by atoms with Crippen molar-refractivity contribution in [3.05, 3.63) is 65.2 Å². The number of benzene rings is 2. The highest BCUT2D eigenvalue weighted by atomic mass is 16.6. The zero-order valence-corrected chi connectivity index (χ0v) is 17.9. The summed E-state index contributed by atoms with van der Waals surface area (Å²) in [6.45, 7) is 7.64. The molecular weight excluding hydrogens is 382 g/mol. The maximum atomic E-state index is 12.4. The van der Waals surface area contributed by atoms with Gasteiger partial charge in [0.15, 0.2) is 0 Å². The van der Waals surface area contributed by atoms with E-state index in [1.54, 1.807) is 39.0 Å². The minimum atomic E-state index is -0.589. The lowest BCUT2D eigenvalue weighted by molar-refractivity contribution is -0.116. The Labute approximate surface area is 177 Å². The molecule has 0 aliphatic heterocycles. The van der Waals surface area contributed by atoms with E-state index < -0.39 is 11.7 Å². The van der Waals surface area contributed by atoms with Crippen LogP contribution in [0.25, 0.3) is 0 Å². The molecule has 0 spiro atoms. The first-order chi connectivity index (χ1) is 14.2. The predicted octanol–water partition coefficient (Wildman–Crippen LogP) is 3.78. The van der Waals surface area contributed by atoms with Gasteiger partial charge in [0.1, 0.15) is 5.60 Å². The topological polar surface area (TPSA) is 96.5 Å². The van der Waals surface area contributed by atoms with Crippen LogP contribution in [0.2, 0.25) is 0 Å². The van der Waals surface area contributed by atoms with E-state index in [1.165, 1.54) is 0 Å². The van der Waals surface area contributed by atoms with Crippen LogP contribution in [0.15, 0.2) is 48.5 Å². The molecule has 0 saturated heterocycles. The van der Waals surface area contributed by atoms with E-state index in [4.69, 9.17) is 4.74 Å². The minimum Gasteiger partial charge on any atom is -0.444 e. The van der Waals surface area contributed by atoms with Crippen molar-refractivity contribution in [2.45, 2.75) is 46.3 Å². The average Bonchev–Trinajstić information content (AvgIpc) is 2.66. The fourth-order valence-corrected chi connectivity index (χ4v) is 2.70. The highest BCUT2D eigenvalue weighted by Crippen LogP contribution is 2.16. The number of para-hydroxylation sites is 1. The van der Waals surface area contributed by atoms with E-state index in [2.05, 4.69) is 16.0 Å². The second-order valence-corrected chi connectivity index (χ2v) is 7.88. The van der Waals surface area contributed by atoms with Gasteiger partial charge < -0.3 is 20.7 Å². The Balaban J connectivity index is 1.87. The van der Waals surface area contributed by atoms with Crippen LogP contribution in [-0.2, 0) is 16.1 Å². The van der Waals surface area contributed by atoms with E-state index in [1.807, 2.05) is 37.3 Å². The number of amides is 3. The van der Waals surface area contributed by atoms with Crippen molar-refractivity contribution in [3.63, 3.8) is 0 Å². The number of carbonyl (C=O) groups excluding carboxylic acids is 3. The number of nitrogens with one attached hydrogen (secondary N) is 3. The third kappa shape index (κ3) is 7.58. The summed E-state index contributed by atoms with van der Waals surface area (Å²) in [7, 11) is 0. The summed E-state index contributed by atoms with van der Waals surface area (Å²) in [5, 5.41) is 8.27. The largest absolute Gasteiger partial charge is 0.444 e. The van der Waals surface area contributed by atoms with Crippen LogP contribution in [0.5, 0.6) is 0 Å². The Bertz CT molecular complexity index is 903. The lowest BCUT2D eigenvalue weighted by Crippen LogP contribution is -2.34. The zero-order chi connectivity index (χ0) is 22.1. The highest BCUT2D eigenvalue weighted by Gasteiger charge is 2.16. The molecule has 0 atom stereocenters. The van der Waals surface area contributed by atoms with Crippen LogP contribution in [0.3, 0.4) is 0 Å². The third-order valence-corrected chi connectivity index (χ3v) is 4.14. The molecule has 0 aromatic heterocycles. The van der Waals surface area contributed by atoms with Crippen LogP contribution in [0.1, 0.15) is 48.7 Å². The SMILES string of the molecule is Cc1ccccc1C(=O)NCc1ccccc1NC(=O)CCNC(=O)OC(C)(C)C. The van der Waals surface area contributed by atoms with Crippen LogP contribution in [-0.4, -0.2) is 30.1 Å². The van der Waals surface area contributed by atoms with E-state index in [9.17, 15) is 14.4 Å². The number of hydrogen-bond acceptors (Lipinski definition) is 4. The molecule has 0 fully saturated rings. The number of aryl methyl sites for hydroxylation is 1. The summed E-state index contributed by atoms with van der Waals surface area (Å²) in [4.78, 5) is 36.3. The molecule has 3 N–H and O–H groups in total. The molecule has 2 rings (SSSR count). The molecule has 0 unspecified atom stereocenters. The molecule has 160 valence electrons. The monoisotopic (exact) mass is 411 g/mol. The lowest BCUT2D eigenvalue weighted by Gasteiger charge is -2.19. The molecule has 0 saturated carbocycles. The van der Waals surface area contributed by atoms with Gasteiger partial charge in [-0.05, 0) is 51.0 Å². The van der Waals surface area contributed by atoms with Gasteiger partial charge in [0, 0.05) is 30.8 Å². The molecule has 0 heterocycles. The normalized spacial score (nSPS) is 10.8. The third-order valence-electron chi connectivity index (χ3n) is 4.14. The number of hydrogen-bond donors (Lipinski definition) is 3. The van der Waals surface area contributed by atoms with E-state index >= 15 is 0 Å². The maximum absolute atomic E-state index is 12.4. The number of anilines is 1. The Hall–Kier alpha value is -3.35. The standard InChI is InChI=1S/C23H29N3O4/c1-16-9-5-7-11-18(16)21(28)25-15-17-10-6-8-12-19(17)26-20(27)13-14-24-22(29)30-23(2,3)4/h5-12H,13-15H2,1-4H3,(H,24,29)(H,25,28)(H,26,27). The van der Waals surface area contributed by atoms with E-state index in [-0.39, 0.29) is 31.3 Å². The lowest BCUT2D eigenvalue weighted by atomic mass is 10.1. The molecule has 7 heteroatoms. The van der Waals surface area contributed by atoms with Crippen LogP contribution >= 0.6 is 0 Å². The molecule has 7 nitrogen and oxygen atoms in total. The van der Waals surface area contributed by atoms with Crippen LogP contribution in [0.4, 0.5) is 10.5 Å². The first-order valence-corrected chi connectivity index (χ1v) is 9.84. The van der Waals surface area contributed by atoms with Crippen molar-refractivity contribution in [1.29, 1.82) is 0 Å². The van der Waals surface area contributed by atoms with Crippen LogP contribution in [0, 0.1) is 6.92 Å². The first-order valence-electron chi connectivity index (χ1n) is 9.84. The molecule has 0 aliphatic rings. The zero-order valence-electron chi connectivity index (χ0n) is 17.9. The first kappa shape index (κ1) is 22.9. The van der Waals surface area contributed by atoms with Gasteiger partial charge in [-0.2, -0.15) is 0 Å². The predicted molar refractivity (Wildman–Crippen MR) is 116 cm³/mol. The average molecular weight is 412 g/mol. The van der Waals surface area contributed by atoms with Gasteiger partial charge >= 0.3 is 6.09 Å². The Morgan fingerprint density at radius 1 is 0.933 bits per heavy atom. The summed E-state index contributed by atoms with van der Waals surface area (Å²) < 4.78 is 5.13. The summed E-state index contributed by atoms with van der Waals surface area (Å²) in [5.41, 5.74) is 2.33. The van der Waals surface area contributed by atoms with E-state index in [0.29, 0.717) is 11.3 Å². The number of carbonyl (C=O) groups is 3. The van der Waals surface area contributed by atoms with Gasteiger partial charge in [0.05, 0.1) is 0 Å². The van der Waals surface area contributed by atoms with Gasteiger partial charge in [0.2, 0.25) is 5.91 Å². The van der Waals surface area contributed by atoms with Gasteiger partial charge in [0.25, 0.3) is 5.91 Å². The number of rotatable bonds is 7. The molecule has 2 aromatic rings. The van der Waals surface area contributed by atoms with Gasteiger partial charge in [-0.15, -0.1) is 0 Å². The van der Waals surface area contributed by atoms with Gasteiger partial charge in [-0.25, -0.2) is 4.79 Å². The smallest absolute Gasteiger partial charge is 0.407 e. The van der Waals surface area contributed by atoms with Crippen molar-refractivity contribution in [1.82, 2.24) is 10.6 Å². The van der Waals surface area contributed by atoms with Gasteiger partial charge in [-0.3, -0.25) is 9.59 Å². The molecule has 2 aromatic carbocycles. The van der Waals surface area contributed by atoms with Gasteiger partial charge in [-0.1, -0.05) is 36.4 Å². The fraction of sp³-hybridized carbons (Fsp3) is 0.348. The van der Waals surface area contributed by atoms with Crippen LogP contribution < -0.4 is 16.0 Å². The fourth-order valence-electron chi connectivity index (χ4n) is 2.70. The van der Waals surface area contributed by atoms with Crippen molar-refractivity contribution in [2.75, 3.05) is 11.9 Å². The molecule has 0 aliphatic carbocycles. The summed E-state index contributed by atoms with van der Waals surface area (Å²) in [6.07, 6.45) is -0.460. The molecule has 0 radical (unpaired) electrons. The molecular formula is C23H29N3O4. The van der Waals surface area contributed by atoms with Crippen molar-refractivity contribution >= 4 is 23.6 Å². The van der Waals surface area contributed by atoms with Crippen molar-refractivity contribution in [2.24, 2.45) is 0 Å². The highest BCUT2D eigenvalue weighted by molar-refractivity contribution is 5.96. The second-order valence-electron chi connectivity index (χ2n) is 7.88. The second kappa shape index (κ2) is 10.4. The van der Waals surface area contributed by atoms with E-state index in [0.717, 1.165) is 11.1 Å². The van der Waals surface area contributed by atoms with Crippen molar-refractivity contribution < 1.29 is 19.1 Å². The van der Waals surface area contributed by atoms with Crippen molar-refractivity contribution in [3.8, 4) is 0 Å². The summed E-state index contributed by atoms with van der Waals surface area (Å²) in [6, 6.07) is 14.6. The summed E-state index contributed by atoms with van der Waals surface area (Å²) >= 11 is 0. The Kier molecular flexibility index (Phi) is 7.98. The Morgan fingerprint density at radius 2 is 1.60 bits per heavy atom. The number of ether oxygens (including phenoxy) is 1. The molecule has 3 amide bonds. The minimum absolute atomic E-state index is 0.100. The summed E-state index contributed by atoms with van der Waals surface area (Å²) in [5.74, 6) is -0.417. The molecule has 0 bridgehead atoms. The number of alkyl carbamates (subject to hydrolysis) is 1.